The lowest BCUT2D eigenvalue weighted by atomic mass is 10.1. The predicted molar refractivity (Wildman–Crippen MR) is 110 cm³/mol. The minimum atomic E-state index is -0.272. The Morgan fingerprint density at radius 2 is 2.04 bits per heavy atom. The standard InChI is InChI=1S/C19H18BrFN4OS/c1-12(2)26-17-8-5-14(9-16(17)20)11-22-25-18(23-24-19(25)27)10-13-3-6-15(21)7-4-13/h3-9,11-12H,10H2,1-2H3,(H,24,27)/b22-11-. The first-order chi connectivity index (χ1) is 12.9. The predicted octanol–water partition coefficient (Wildman–Crippen LogP) is 5.10. The second kappa shape index (κ2) is 8.58. The lowest BCUT2D eigenvalue weighted by Crippen LogP contribution is -2.06. The van der Waals surface area contributed by atoms with Gasteiger partial charge in [-0.1, -0.05) is 12.1 Å². The van der Waals surface area contributed by atoms with Gasteiger partial charge in [0.25, 0.3) is 0 Å². The molecule has 0 fully saturated rings. The van der Waals surface area contributed by atoms with Crippen LogP contribution in [0.2, 0.25) is 0 Å². The lowest BCUT2D eigenvalue weighted by molar-refractivity contribution is 0.241. The Bertz CT molecular complexity index is 1010. The van der Waals surface area contributed by atoms with Crippen LogP contribution in [0.3, 0.4) is 0 Å². The van der Waals surface area contributed by atoms with Gasteiger partial charge in [-0.3, -0.25) is 5.10 Å². The normalized spacial score (nSPS) is 11.4. The van der Waals surface area contributed by atoms with Gasteiger partial charge < -0.3 is 4.74 Å². The molecule has 0 amide bonds. The van der Waals surface area contributed by atoms with Crippen molar-refractivity contribution >= 4 is 34.4 Å². The van der Waals surface area contributed by atoms with Crippen molar-refractivity contribution in [1.29, 1.82) is 0 Å². The third-order valence-electron chi connectivity index (χ3n) is 3.63. The van der Waals surface area contributed by atoms with Gasteiger partial charge in [0, 0.05) is 6.42 Å². The van der Waals surface area contributed by atoms with Crippen LogP contribution in [0.25, 0.3) is 0 Å². The average molecular weight is 449 g/mol. The second-order valence-electron chi connectivity index (χ2n) is 6.16. The van der Waals surface area contributed by atoms with Gasteiger partial charge in [0.05, 0.1) is 16.8 Å². The van der Waals surface area contributed by atoms with E-state index in [0.29, 0.717) is 17.0 Å². The number of benzene rings is 2. The molecule has 1 N–H and O–H groups in total. The average Bonchev–Trinajstić information content (AvgIpc) is 2.96. The van der Waals surface area contributed by atoms with Crippen molar-refractivity contribution in [2.24, 2.45) is 5.10 Å². The first kappa shape index (κ1) is 19.4. The van der Waals surface area contributed by atoms with E-state index in [1.807, 2.05) is 32.0 Å². The molecular weight excluding hydrogens is 431 g/mol. The molecule has 0 atom stereocenters. The van der Waals surface area contributed by atoms with E-state index in [-0.39, 0.29) is 11.9 Å². The maximum absolute atomic E-state index is 13.1. The molecule has 3 rings (SSSR count). The summed E-state index contributed by atoms with van der Waals surface area (Å²) < 4.78 is 21.6. The first-order valence-corrected chi connectivity index (χ1v) is 9.54. The summed E-state index contributed by atoms with van der Waals surface area (Å²) in [7, 11) is 0. The summed E-state index contributed by atoms with van der Waals surface area (Å²) in [5.41, 5.74) is 1.80. The summed E-state index contributed by atoms with van der Waals surface area (Å²) in [6, 6.07) is 12.0. The van der Waals surface area contributed by atoms with Crippen molar-refractivity contribution in [2.75, 3.05) is 0 Å². The van der Waals surface area contributed by atoms with E-state index in [9.17, 15) is 4.39 Å². The fraction of sp³-hybridized carbons (Fsp3) is 0.211. The van der Waals surface area contributed by atoms with E-state index < -0.39 is 0 Å². The molecular formula is C19H18BrFN4OS. The summed E-state index contributed by atoms with van der Waals surface area (Å²) in [6.45, 7) is 3.95. The summed E-state index contributed by atoms with van der Waals surface area (Å²) in [4.78, 5) is 0. The highest BCUT2D eigenvalue weighted by atomic mass is 79.9. The molecule has 0 radical (unpaired) electrons. The van der Waals surface area contributed by atoms with Crippen LogP contribution >= 0.6 is 28.1 Å². The quantitative estimate of drug-likeness (QED) is 0.421. The number of hydrogen-bond donors (Lipinski definition) is 1. The van der Waals surface area contributed by atoms with Crippen LogP contribution in [0.5, 0.6) is 5.75 Å². The Balaban J connectivity index is 1.81. The van der Waals surface area contributed by atoms with E-state index in [0.717, 1.165) is 21.3 Å². The minimum Gasteiger partial charge on any atom is -0.490 e. The molecule has 0 aliphatic carbocycles. The maximum atomic E-state index is 13.1. The van der Waals surface area contributed by atoms with Crippen molar-refractivity contribution < 1.29 is 9.13 Å². The van der Waals surface area contributed by atoms with Crippen LogP contribution in [0, 0.1) is 10.6 Å². The zero-order chi connectivity index (χ0) is 19.4. The van der Waals surface area contributed by atoms with Gasteiger partial charge in [-0.25, -0.2) is 4.39 Å². The Morgan fingerprint density at radius 1 is 1.30 bits per heavy atom. The number of rotatable bonds is 6. The molecule has 27 heavy (non-hydrogen) atoms. The fourth-order valence-corrected chi connectivity index (χ4v) is 3.10. The topological polar surface area (TPSA) is 55.2 Å². The van der Waals surface area contributed by atoms with Crippen LogP contribution in [-0.2, 0) is 6.42 Å². The Kier molecular flexibility index (Phi) is 6.18. The number of H-pyrrole nitrogens is 1. The highest BCUT2D eigenvalue weighted by molar-refractivity contribution is 9.10. The van der Waals surface area contributed by atoms with Gasteiger partial charge in [-0.2, -0.15) is 14.9 Å². The SMILES string of the molecule is CC(C)Oc1ccc(/C=N\n2c(Cc3ccc(F)cc3)n[nH]c2=S)cc1Br. The summed E-state index contributed by atoms with van der Waals surface area (Å²) in [5.74, 6) is 1.15. The zero-order valence-corrected chi connectivity index (χ0v) is 17.2. The number of hydrogen-bond acceptors (Lipinski definition) is 4. The second-order valence-corrected chi connectivity index (χ2v) is 7.40. The smallest absolute Gasteiger partial charge is 0.216 e. The molecule has 0 aliphatic heterocycles. The zero-order valence-electron chi connectivity index (χ0n) is 14.8. The van der Waals surface area contributed by atoms with E-state index in [1.54, 1.807) is 23.0 Å². The van der Waals surface area contributed by atoms with Crippen LogP contribution in [0.15, 0.2) is 52.0 Å². The van der Waals surface area contributed by atoms with Crippen molar-refractivity contribution in [2.45, 2.75) is 26.4 Å². The number of nitrogens with one attached hydrogen (secondary N) is 1. The number of halogens is 2. The van der Waals surface area contributed by atoms with Crippen LogP contribution in [0.4, 0.5) is 4.39 Å². The third-order valence-corrected chi connectivity index (χ3v) is 4.52. The van der Waals surface area contributed by atoms with Gasteiger partial charge in [0.1, 0.15) is 11.6 Å². The largest absolute Gasteiger partial charge is 0.490 e. The molecule has 0 unspecified atom stereocenters. The van der Waals surface area contributed by atoms with Crippen molar-refractivity contribution in [1.82, 2.24) is 14.9 Å². The molecule has 0 aliphatic rings. The van der Waals surface area contributed by atoms with Crippen LogP contribution < -0.4 is 4.74 Å². The highest BCUT2D eigenvalue weighted by Gasteiger charge is 2.07. The molecule has 0 spiro atoms. The van der Waals surface area contributed by atoms with Gasteiger partial charge in [0.2, 0.25) is 4.77 Å². The molecule has 140 valence electrons. The monoisotopic (exact) mass is 448 g/mol. The molecule has 1 aromatic heterocycles. The molecule has 2 aromatic carbocycles. The molecule has 0 saturated heterocycles. The number of nitrogens with zero attached hydrogens (tertiary/aromatic N) is 3. The van der Waals surface area contributed by atoms with E-state index in [1.165, 1.54) is 12.1 Å². The number of aromatic amines is 1. The molecule has 0 saturated carbocycles. The van der Waals surface area contributed by atoms with Crippen molar-refractivity contribution in [3.05, 3.63) is 74.5 Å². The first-order valence-electron chi connectivity index (χ1n) is 8.33. The third kappa shape index (κ3) is 5.11. The summed E-state index contributed by atoms with van der Waals surface area (Å²) in [6.07, 6.45) is 2.28. The molecule has 8 heteroatoms. The number of ether oxygens (including phenoxy) is 1. The summed E-state index contributed by atoms with van der Waals surface area (Å²) >= 11 is 8.77. The van der Waals surface area contributed by atoms with Crippen LogP contribution in [-0.4, -0.2) is 27.2 Å². The molecule has 5 nitrogen and oxygen atoms in total. The van der Waals surface area contributed by atoms with Gasteiger partial charge in [0.15, 0.2) is 5.82 Å². The lowest BCUT2D eigenvalue weighted by Gasteiger charge is -2.11. The Morgan fingerprint density at radius 3 is 2.70 bits per heavy atom. The van der Waals surface area contributed by atoms with E-state index in [2.05, 4.69) is 31.2 Å². The highest BCUT2D eigenvalue weighted by Crippen LogP contribution is 2.26. The van der Waals surface area contributed by atoms with Gasteiger partial charge in [-0.05, 0) is 83.5 Å². The van der Waals surface area contributed by atoms with E-state index >= 15 is 0 Å². The number of aromatic nitrogens is 3. The Labute approximate surface area is 170 Å². The van der Waals surface area contributed by atoms with Crippen molar-refractivity contribution in [3.63, 3.8) is 0 Å². The van der Waals surface area contributed by atoms with Gasteiger partial charge in [-0.15, -0.1) is 0 Å². The fourth-order valence-electron chi connectivity index (χ4n) is 2.41. The summed E-state index contributed by atoms with van der Waals surface area (Å²) in [5, 5.41) is 11.4. The Hall–Kier alpha value is -2.32. The molecule has 3 aromatic rings. The maximum Gasteiger partial charge on any atom is 0.216 e. The van der Waals surface area contributed by atoms with E-state index in [4.69, 9.17) is 17.0 Å². The van der Waals surface area contributed by atoms with Gasteiger partial charge >= 0.3 is 0 Å². The molecule has 0 bridgehead atoms. The van der Waals surface area contributed by atoms with Crippen molar-refractivity contribution in [3.8, 4) is 5.75 Å². The minimum absolute atomic E-state index is 0.0964. The molecule has 1 heterocycles. The van der Waals surface area contributed by atoms with Crippen LogP contribution in [0.1, 0.15) is 30.8 Å².